The molecule has 0 N–H and O–H groups in total. The van der Waals surface area contributed by atoms with Crippen LogP contribution in [0.4, 0.5) is 4.39 Å². The molecule has 2 fully saturated rings. The summed E-state index contributed by atoms with van der Waals surface area (Å²) < 4.78 is 14.2. The van der Waals surface area contributed by atoms with Crippen LogP contribution in [-0.2, 0) is 4.79 Å². The molecule has 2 heterocycles. The van der Waals surface area contributed by atoms with Crippen LogP contribution in [0.5, 0.6) is 0 Å². The molecule has 1 aromatic carbocycles. The second-order valence-corrected chi connectivity index (χ2v) is 7.70. The number of halogens is 1. The zero-order valence-electron chi connectivity index (χ0n) is 15.0. The fourth-order valence-electron chi connectivity index (χ4n) is 4.13. The summed E-state index contributed by atoms with van der Waals surface area (Å²) in [4.78, 5) is 19.3. The molecule has 0 aromatic heterocycles. The van der Waals surface area contributed by atoms with Crippen LogP contribution in [0.3, 0.4) is 0 Å². The van der Waals surface area contributed by atoms with Crippen LogP contribution in [0, 0.1) is 11.2 Å². The van der Waals surface area contributed by atoms with Gasteiger partial charge in [-0.2, -0.15) is 0 Å². The molecule has 2 aliphatic rings. The van der Waals surface area contributed by atoms with E-state index < -0.39 is 6.04 Å². The number of amides is 1. The van der Waals surface area contributed by atoms with Gasteiger partial charge in [0.05, 0.1) is 0 Å². The molecule has 1 unspecified atom stereocenters. The van der Waals surface area contributed by atoms with E-state index in [4.69, 9.17) is 0 Å². The number of carbonyl (C=O) groups is 1. The molecule has 2 aliphatic heterocycles. The first kappa shape index (κ1) is 17.4. The van der Waals surface area contributed by atoms with Gasteiger partial charge in [0.15, 0.2) is 0 Å². The number of hydrogen-bond acceptors (Lipinski definition) is 3. The van der Waals surface area contributed by atoms with Gasteiger partial charge in [-0.15, -0.1) is 0 Å². The maximum absolute atomic E-state index is 14.2. The van der Waals surface area contributed by atoms with Gasteiger partial charge in [0.2, 0.25) is 5.91 Å². The molecular formula is C19H28FN3O. The summed E-state index contributed by atoms with van der Waals surface area (Å²) in [7, 11) is 5.85. The molecule has 4 nitrogen and oxygen atoms in total. The van der Waals surface area contributed by atoms with Gasteiger partial charge in [0.25, 0.3) is 0 Å². The average Bonchev–Trinajstić information content (AvgIpc) is 2.96. The maximum atomic E-state index is 14.2. The molecule has 0 aliphatic carbocycles. The number of nitrogens with zero attached hydrogens (tertiary/aromatic N) is 3. The SMILES string of the molecule is CN1CCC2(CC1)CCN(C(=O)C(c1ccccc1F)N(C)C)C2. The summed E-state index contributed by atoms with van der Waals surface area (Å²) in [5, 5.41) is 0. The van der Waals surface area contributed by atoms with Crippen molar-refractivity contribution in [2.24, 2.45) is 5.41 Å². The van der Waals surface area contributed by atoms with E-state index in [-0.39, 0.29) is 17.1 Å². The average molecular weight is 333 g/mol. The number of likely N-dealkylation sites (tertiary alicyclic amines) is 2. The van der Waals surface area contributed by atoms with Crippen molar-refractivity contribution in [3.8, 4) is 0 Å². The molecular weight excluding hydrogens is 305 g/mol. The highest BCUT2D eigenvalue weighted by atomic mass is 19.1. The maximum Gasteiger partial charge on any atom is 0.244 e. The molecule has 1 atom stereocenters. The molecule has 1 spiro atoms. The minimum atomic E-state index is -0.549. The van der Waals surface area contributed by atoms with Crippen molar-refractivity contribution in [3.05, 3.63) is 35.6 Å². The number of hydrogen-bond donors (Lipinski definition) is 0. The minimum absolute atomic E-state index is 0.0286. The molecule has 0 bridgehead atoms. The fraction of sp³-hybridized carbons (Fsp3) is 0.632. The van der Waals surface area contributed by atoms with Gasteiger partial charge in [0, 0.05) is 18.7 Å². The highest BCUT2D eigenvalue weighted by Crippen LogP contribution is 2.41. The topological polar surface area (TPSA) is 26.8 Å². The first-order valence-corrected chi connectivity index (χ1v) is 8.80. The summed E-state index contributed by atoms with van der Waals surface area (Å²) >= 11 is 0. The van der Waals surface area contributed by atoms with E-state index in [0.717, 1.165) is 45.4 Å². The fourth-order valence-corrected chi connectivity index (χ4v) is 4.13. The van der Waals surface area contributed by atoms with Crippen LogP contribution in [0.1, 0.15) is 30.9 Å². The highest BCUT2D eigenvalue weighted by molar-refractivity contribution is 5.83. The molecule has 1 amide bonds. The van der Waals surface area contributed by atoms with E-state index in [1.54, 1.807) is 18.2 Å². The Morgan fingerprint density at radius 1 is 1.17 bits per heavy atom. The Morgan fingerprint density at radius 2 is 1.79 bits per heavy atom. The number of rotatable bonds is 3. The van der Waals surface area contributed by atoms with E-state index in [1.807, 2.05) is 23.9 Å². The third-order valence-corrected chi connectivity index (χ3v) is 5.75. The first-order valence-electron chi connectivity index (χ1n) is 8.80. The first-order chi connectivity index (χ1) is 11.4. The number of likely N-dealkylation sites (N-methyl/N-ethyl adjacent to an activating group) is 1. The van der Waals surface area contributed by atoms with Crippen molar-refractivity contribution in [2.75, 3.05) is 47.3 Å². The van der Waals surface area contributed by atoms with E-state index in [2.05, 4.69) is 11.9 Å². The van der Waals surface area contributed by atoms with Crippen molar-refractivity contribution in [1.82, 2.24) is 14.7 Å². The van der Waals surface area contributed by atoms with Crippen LogP contribution in [-0.4, -0.2) is 67.9 Å². The highest BCUT2D eigenvalue weighted by Gasteiger charge is 2.43. The second kappa shape index (κ2) is 6.81. The van der Waals surface area contributed by atoms with Crippen LogP contribution < -0.4 is 0 Å². The van der Waals surface area contributed by atoms with Crippen LogP contribution in [0.2, 0.25) is 0 Å². The third-order valence-electron chi connectivity index (χ3n) is 5.75. The molecule has 24 heavy (non-hydrogen) atoms. The molecule has 1 aromatic rings. The van der Waals surface area contributed by atoms with Crippen LogP contribution in [0.15, 0.2) is 24.3 Å². The predicted octanol–water partition coefficient (Wildman–Crippen LogP) is 2.37. The largest absolute Gasteiger partial charge is 0.340 e. The van der Waals surface area contributed by atoms with Crippen molar-refractivity contribution in [1.29, 1.82) is 0 Å². The van der Waals surface area contributed by atoms with Gasteiger partial charge < -0.3 is 9.80 Å². The predicted molar refractivity (Wildman–Crippen MR) is 93.2 cm³/mol. The normalized spacial score (nSPS) is 22.3. The Morgan fingerprint density at radius 3 is 2.42 bits per heavy atom. The van der Waals surface area contributed by atoms with E-state index in [0.29, 0.717) is 5.56 Å². The second-order valence-electron chi connectivity index (χ2n) is 7.70. The van der Waals surface area contributed by atoms with Gasteiger partial charge in [-0.25, -0.2) is 4.39 Å². The summed E-state index contributed by atoms with van der Waals surface area (Å²) in [6, 6.07) is 6.07. The number of piperidine rings is 1. The quantitative estimate of drug-likeness (QED) is 0.850. The van der Waals surface area contributed by atoms with E-state index in [1.165, 1.54) is 6.07 Å². The lowest BCUT2D eigenvalue weighted by Crippen LogP contribution is -2.43. The Hall–Kier alpha value is -1.46. The van der Waals surface area contributed by atoms with Crippen molar-refractivity contribution < 1.29 is 9.18 Å². The number of benzene rings is 1. The van der Waals surface area contributed by atoms with Gasteiger partial charge in [-0.1, -0.05) is 18.2 Å². The molecule has 2 saturated heterocycles. The molecule has 0 saturated carbocycles. The van der Waals surface area contributed by atoms with E-state index >= 15 is 0 Å². The van der Waals surface area contributed by atoms with E-state index in [9.17, 15) is 9.18 Å². The lowest BCUT2D eigenvalue weighted by atomic mass is 9.78. The Labute approximate surface area is 144 Å². The zero-order chi connectivity index (χ0) is 17.3. The molecule has 0 radical (unpaired) electrons. The van der Waals surface area contributed by atoms with Gasteiger partial charge >= 0.3 is 0 Å². The van der Waals surface area contributed by atoms with Gasteiger partial charge in [0.1, 0.15) is 11.9 Å². The Bertz CT molecular complexity index is 596. The standard InChI is InChI=1S/C19H28FN3O/c1-21(2)17(15-6-4-5-7-16(15)20)18(24)23-13-10-19(14-23)8-11-22(3)12-9-19/h4-7,17H,8-14H2,1-3H3. The summed E-state index contributed by atoms with van der Waals surface area (Å²) in [6.07, 6.45) is 3.38. The Kier molecular flexibility index (Phi) is 4.92. The van der Waals surface area contributed by atoms with Crippen molar-refractivity contribution in [3.63, 3.8) is 0 Å². The number of carbonyl (C=O) groups excluding carboxylic acids is 1. The van der Waals surface area contributed by atoms with Gasteiger partial charge in [-0.05, 0) is 65.0 Å². The Balaban J connectivity index is 1.76. The van der Waals surface area contributed by atoms with Gasteiger partial charge in [-0.3, -0.25) is 9.69 Å². The molecule has 5 heteroatoms. The molecule has 3 rings (SSSR count). The smallest absolute Gasteiger partial charge is 0.244 e. The van der Waals surface area contributed by atoms with Crippen LogP contribution in [0.25, 0.3) is 0 Å². The summed E-state index contributed by atoms with van der Waals surface area (Å²) in [6.45, 7) is 3.82. The lowest BCUT2D eigenvalue weighted by molar-refractivity contribution is -0.136. The summed E-state index contributed by atoms with van der Waals surface area (Å²) in [5.74, 6) is -0.279. The lowest BCUT2D eigenvalue weighted by Gasteiger charge is -2.38. The summed E-state index contributed by atoms with van der Waals surface area (Å²) in [5.41, 5.74) is 0.741. The third kappa shape index (κ3) is 3.33. The van der Waals surface area contributed by atoms with Crippen LogP contribution >= 0.6 is 0 Å². The zero-order valence-corrected chi connectivity index (χ0v) is 15.0. The molecule has 132 valence electrons. The monoisotopic (exact) mass is 333 g/mol. The van der Waals surface area contributed by atoms with Crippen molar-refractivity contribution in [2.45, 2.75) is 25.3 Å². The van der Waals surface area contributed by atoms with Crippen molar-refractivity contribution >= 4 is 5.91 Å². The minimum Gasteiger partial charge on any atom is -0.340 e.